The zero-order chi connectivity index (χ0) is 31.1. The molecule has 0 saturated carbocycles. The van der Waals surface area contributed by atoms with Crippen molar-refractivity contribution in [2.75, 3.05) is 12.9 Å². The van der Waals surface area contributed by atoms with E-state index < -0.39 is 22.1 Å². The molecule has 0 aliphatic carbocycles. The number of aryl methyl sites for hydroxylation is 2. The summed E-state index contributed by atoms with van der Waals surface area (Å²) in [6.45, 7) is 5.20. The van der Waals surface area contributed by atoms with Crippen LogP contribution in [0.25, 0.3) is 39.4 Å². The molecule has 3 aromatic carbocycles. The highest BCUT2D eigenvalue weighted by Crippen LogP contribution is 2.40. The van der Waals surface area contributed by atoms with Crippen LogP contribution < -0.4 is 4.74 Å². The molecule has 224 valence electrons. The summed E-state index contributed by atoms with van der Waals surface area (Å²) in [5, 5.41) is 9.85. The smallest absolute Gasteiger partial charge is 0.440 e. The number of sulfone groups is 1. The monoisotopic (exact) mass is 611 g/mol. The van der Waals surface area contributed by atoms with Crippen molar-refractivity contribution in [2.24, 2.45) is 0 Å². The van der Waals surface area contributed by atoms with E-state index in [-0.39, 0.29) is 28.9 Å². The topological polar surface area (TPSA) is 107 Å². The largest absolute Gasteiger partial charge is 0.573 e. The predicted octanol–water partition coefficient (Wildman–Crippen LogP) is 6.88. The number of imidazole rings is 1. The molecule has 43 heavy (non-hydrogen) atoms. The van der Waals surface area contributed by atoms with E-state index in [1.54, 1.807) is 25.1 Å². The minimum atomic E-state index is -4.84. The summed E-state index contributed by atoms with van der Waals surface area (Å²) in [6.07, 6.45) is -1.84. The van der Waals surface area contributed by atoms with E-state index in [2.05, 4.69) is 9.72 Å². The van der Waals surface area contributed by atoms with Gasteiger partial charge in [-0.2, -0.15) is 0 Å². The second-order valence-electron chi connectivity index (χ2n) is 10.2. The van der Waals surface area contributed by atoms with Crippen LogP contribution in [-0.2, 0) is 9.84 Å². The van der Waals surface area contributed by atoms with E-state index in [4.69, 9.17) is 9.40 Å². The van der Waals surface area contributed by atoms with Gasteiger partial charge in [0.15, 0.2) is 15.6 Å². The Kier molecular flexibility index (Phi) is 7.93. The fourth-order valence-corrected chi connectivity index (χ4v) is 5.36. The first-order valence-corrected chi connectivity index (χ1v) is 15.1. The van der Waals surface area contributed by atoms with E-state index in [1.165, 1.54) is 30.3 Å². The highest BCUT2D eigenvalue weighted by molar-refractivity contribution is 7.90. The van der Waals surface area contributed by atoms with Gasteiger partial charge in [-0.05, 0) is 73.5 Å². The Labute approximate surface area is 246 Å². The number of benzene rings is 3. The lowest BCUT2D eigenvalue weighted by atomic mass is 9.98. The number of halogens is 3. The van der Waals surface area contributed by atoms with Crippen LogP contribution in [0.5, 0.6) is 5.75 Å². The molecule has 0 saturated heterocycles. The first-order valence-electron chi connectivity index (χ1n) is 13.2. The average molecular weight is 612 g/mol. The molecule has 1 unspecified atom stereocenters. The molecular formula is C31H28F3N3O5S. The molecule has 0 radical (unpaired) electrons. The van der Waals surface area contributed by atoms with E-state index in [1.807, 2.05) is 42.8 Å². The Morgan fingerprint density at radius 1 is 0.977 bits per heavy atom. The van der Waals surface area contributed by atoms with Crippen molar-refractivity contribution in [3.63, 3.8) is 0 Å². The fourth-order valence-electron chi connectivity index (χ4n) is 4.70. The highest BCUT2D eigenvalue weighted by Gasteiger charge is 2.31. The first kappa shape index (κ1) is 30.1. The average Bonchev–Trinajstić information content (AvgIpc) is 3.54. The van der Waals surface area contributed by atoms with Gasteiger partial charge in [-0.3, -0.25) is 0 Å². The van der Waals surface area contributed by atoms with E-state index in [0.717, 1.165) is 11.9 Å². The summed E-state index contributed by atoms with van der Waals surface area (Å²) in [5.41, 5.74) is 4.22. The summed E-state index contributed by atoms with van der Waals surface area (Å²) >= 11 is 0. The third kappa shape index (κ3) is 6.50. The number of hydrogen-bond acceptors (Lipinski definition) is 7. The molecule has 0 aliphatic rings. The molecule has 0 amide bonds. The second-order valence-corrected chi connectivity index (χ2v) is 12.2. The molecule has 12 heteroatoms. The maximum absolute atomic E-state index is 12.8. The maximum Gasteiger partial charge on any atom is 0.573 e. The van der Waals surface area contributed by atoms with E-state index in [0.29, 0.717) is 39.5 Å². The van der Waals surface area contributed by atoms with E-state index in [9.17, 15) is 26.7 Å². The van der Waals surface area contributed by atoms with Crippen molar-refractivity contribution in [3.05, 3.63) is 90.3 Å². The lowest BCUT2D eigenvalue weighted by Gasteiger charge is -2.14. The summed E-state index contributed by atoms with van der Waals surface area (Å²) in [6, 6.07) is 17.4. The van der Waals surface area contributed by atoms with Gasteiger partial charge in [-0.1, -0.05) is 25.1 Å². The SMILES string of the molecule is Cc1cn(-c2ccc(-c3cccc(S(C)(=O)=O)c3)cc2-c2nc(C(C)CO)oc2-c2ccc(OC(F)(F)F)cc2)c(C)n1. The molecule has 5 rings (SSSR count). The molecule has 0 spiro atoms. The number of rotatable bonds is 8. The number of aliphatic hydroxyl groups excluding tert-OH is 1. The van der Waals surface area contributed by atoms with Crippen molar-refractivity contribution >= 4 is 9.84 Å². The zero-order valence-corrected chi connectivity index (χ0v) is 24.5. The van der Waals surface area contributed by atoms with Gasteiger partial charge in [0, 0.05) is 23.6 Å². The van der Waals surface area contributed by atoms with Gasteiger partial charge in [-0.25, -0.2) is 18.4 Å². The lowest BCUT2D eigenvalue weighted by molar-refractivity contribution is -0.274. The van der Waals surface area contributed by atoms with Crippen LogP contribution in [0.4, 0.5) is 13.2 Å². The zero-order valence-electron chi connectivity index (χ0n) is 23.7. The number of nitrogens with zero attached hydrogens (tertiary/aromatic N) is 3. The summed E-state index contributed by atoms with van der Waals surface area (Å²) in [4.78, 5) is 9.44. The molecule has 1 N–H and O–H groups in total. The molecule has 2 heterocycles. The normalized spacial score (nSPS) is 12.8. The van der Waals surface area contributed by atoms with Crippen LogP contribution in [0, 0.1) is 13.8 Å². The number of aromatic nitrogens is 3. The number of aliphatic hydroxyl groups is 1. The number of alkyl halides is 3. The molecular weight excluding hydrogens is 583 g/mol. The molecule has 5 aromatic rings. The van der Waals surface area contributed by atoms with Crippen LogP contribution in [0.1, 0.15) is 30.3 Å². The molecule has 0 bridgehead atoms. The number of oxazole rings is 1. The van der Waals surface area contributed by atoms with Crippen molar-refractivity contribution in [1.29, 1.82) is 0 Å². The van der Waals surface area contributed by atoms with Crippen molar-refractivity contribution < 1.29 is 35.8 Å². The van der Waals surface area contributed by atoms with Gasteiger partial charge in [-0.15, -0.1) is 13.2 Å². The van der Waals surface area contributed by atoms with Crippen LogP contribution in [0.3, 0.4) is 0 Å². The Balaban J connectivity index is 1.75. The quantitative estimate of drug-likeness (QED) is 0.204. The molecule has 1 atom stereocenters. The van der Waals surface area contributed by atoms with Gasteiger partial charge in [0.05, 0.1) is 28.8 Å². The maximum atomic E-state index is 12.8. The molecule has 0 aliphatic heterocycles. The Morgan fingerprint density at radius 3 is 2.26 bits per heavy atom. The van der Waals surface area contributed by atoms with Crippen molar-refractivity contribution in [3.8, 4) is 45.1 Å². The highest BCUT2D eigenvalue weighted by atomic mass is 32.2. The van der Waals surface area contributed by atoms with Gasteiger partial charge in [0.1, 0.15) is 17.3 Å². The Morgan fingerprint density at radius 2 is 1.65 bits per heavy atom. The van der Waals surface area contributed by atoms with Crippen LogP contribution in [0.15, 0.2) is 82.2 Å². The van der Waals surface area contributed by atoms with Gasteiger partial charge in [0.2, 0.25) is 5.89 Å². The minimum absolute atomic E-state index is 0.166. The van der Waals surface area contributed by atoms with Gasteiger partial charge >= 0.3 is 6.36 Å². The van der Waals surface area contributed by atoms with Crippen LogP contribution >= 0.6 is 0 Å². The molecule has 0 fully saturated rings. The lowest BCUT2D eigenvalue weighted by Crippen LogP contribution is -2.16. The standard InChI is InChI=1S/C31H28F3N3O5S/c1-18(17-38)30-36-28(29(41-30)21-8-11-24(12-9-21)42-31(32,33)34)26-15-23(22-6-5-7-25(14-22)43(4,39)40)10-13-27(26)37-16-19(2)35-20(37)3/h5-16,18,38H,17H2,1-4H3. The predicted molar refractivity (Wildman–Crippen MR) is 155 cm³/mol. The third-order valence-corrected chi connectivity index (χ3v) is 7.91. The summed E-state index contributed by atoms with van der Waals surface area (Å²) < 4.78 is 74.9. The summed E-state index contributed by atoms with van der Waals surface area (Å²) in [5.74, 6) is 0.340. The molecule has 8 nitrogen and oxygen atoms in total. The second kappa shape index (κ2) is 11.3. The minimum Gasteiger partial charge on any atom is -0.440 e. The number of hydrogen-bond donors (Lipinski definition) is 1. The Hall–Kier alpha value is -4.42. The molecule has 2 aromatic heterocycles. The first-order chi connectivity index (χ1) is 20.2. The fraction of sp³-hybridized carbons (Fsp3) is 0.226. The van der Waals surface area contributed by atoms with E-state index >= 15 is 0 Å². The number of ether oxygens (including phenoxy) is 1. The van der Waals surface area contributed by atoms with Crippen molar-refractivity contribution in [2.45, 2.75) is 37.9 Å². The van der Waals surface area contributed by atoms with Crippen molar-refractivity contribution in [1.82, 2.24) is 14.5 Å². The third-order valence-electron chi connectivity index (χ3n) is 6.80. The van der Waals surface area contributed by atoms with Gasteiger partial charge in [0.25, 0.3) is 0 Å². The van der Waals surface area contributed by atoms with Crippen LogP contribution in [0.2, 0.25) is 0 Å². The van der Waals surface area contributed by atoms with Crippen LogP contribution in [-0.4, -0.2) is 47.3 Å². The Bertz CT molecular complexity index is 1890. The van der Waals surface area contributed by atoms with Gasteiger partial charge < -0.3 is 18.8 Å². The summed E-state index contributed by atoms with van der Waals surface area (Å²) in [7, 11) is -3.46.